The van der Waals surface area contributed by atoms with E-state index in [0.717, 1.165) is 6.07 Å². The predicted octanol–water partition coefficient (Wildman–Crippen LogP) is 6.72. The van der Waals surface area contributed by atoms with Gasteiger partial charge in [0.1, 0.15) is 0 Å². The highest BCUT2D eigenvalue weighted by atomic mass is 19.4. The van der Waals surface area contributed by atoms with Gasteiger partial charge in [-0.1, -0.05) is 54.6 Å². The molecule has 1 nitrogen and oxygen atoms in total. The molecule has 0 atom stereocenters. The van der Waals surface area contributed by atoms with Gasteiger partial charge in [-0.25, -0.2) is 0 Å². The van der Waals surface area contributed by atoms with Crippen LogP contribution in [-0.2, 0) is 12.5 Å². The fourth-order valence-corrected chi connectivity index (χ4v) is 4.80. The lowest BCUT2D eigenvalue weighted by atomic mass is 9.76. The molecule has 1 aliphatic carbocycles. The molecule has 0 aliphatic heterocycles. The minimum absolute atomic E-state index is 0.0337. The van der Waals surface area contributed by atoms with Crippen LogP contribution < -0.4 is 0 Å². The molecule has 3 aromatic carbocycles. The average Bonchev–Trinajstić information content (AvgIpc) is 3.12. The molecule has 0 N–H and O–H groups in total. The van der Waals surface area contributed by atoms with Gasteiger partial charge in [0.15, 0.2) is 0 Å². The smallest absolute Gasteiger partial charge is 0.343 e. The zero-order chi connectivity index (χ0) is 20.8. The number of para-hydroxylation sites is 1. The van der Waals surface area contributed by atoms with Crippen LogP contribution in [0.4, 0.5) is 26.3 Å². The van der Waals surface area contributed by atoms with Crippen LogP contribution in [0.5, 0.6) is 0 Å². The number of halogens is 6. The van der Waals surface area contributed by atoms with E-state index in [1.165, 1.54) is 35.9 Å². The maximum absolute atomic E-state index is 14.5. The highest BCUT2D eigenvalue weighted by molar-refractivity contribution is 6.12. The van der Waals surface area contributed by atoms with Crippen LogP contribution in [0.15, 0.2) is 60.7 Å². The van der Waals surface area contributed by atoms with Gasteiger partial charge in [0, 0.05) is 28.9 Å². The summed E-state index contributed by atoms with van der Waals surface area (Å²) in [6.45, 7) is 0. The predicted molar refractivity (Wildman–Crippen MR) is 98.8 cm³/mol. The Kier molecular flexibility index (Phi) is 3.33. The molecule has 29 heavy (non-hydrogen) atoms. The summed E-state index contributed by atoms with van der Waals surface area (Å²) >= 11 is 0. The van der Waals surface area contributed by atoms with Crippen LogP contribution >= 0.6 is 0 Å². The monoisotopic (exact) mass is 405 g/mol. The summed E-state index contributed by atoms with van der Waals surface area (Å²) in [4.78, 5) is 0. The number of hydrogen-bond acceptors (Lipinski definition) is 0. The van der Waals surface area contributed by atoms with Crippen molar-refractivity contribution in [1.82, 2.24) is 4.57 Å². The van der Waals surface area contributed by atoms with Crippen LogP contribution in [0.2, 0.25) is 0 Å². The summed E-state index contributed by atoms with van der Waals surface area (Å²) in [6, 6.07) is 14.7. The number of aryl methyl sites for hydroxylation is 1. The van der Waals surface area contributed by atoms with E-state index in [4.69, 9.17) is 0 Å². The van der Waals surface area contributed by atoms with E-state index in [-0.39, 0.29) is 16.6 Å². The van der Waals surface area contributed by atoms with Crippen molar-refractivity contribution in [3.63, 3.8) is 0 Å². The number of nitrogens with zero attached hydrogens (tertiary/aromatic N) is 1. The zero-order valence-corrected chi connectivity index (χ0v) is 15.0. The van der Waals surface area contributed by atoms with Crippen molar-refractivity contribution in [1.29, 1.82) is 0 Å². The zero-order valence-electron chi connectivity index (χ0n) is 15.0. The molecule has 5 rings (SSSR count). The standard InChI is InChI=1S/C22H13F6N/c1-29-17-9-5-3-7-13(17)15-11-10-14-12-6-2-4-8-16(12)20(21(23,24)25,22(26,27)28)18(14)19(15)29/h2-11H,1H3. The number of alkyl halides is 6. The lowest BCUT2D eigenvalue weighted by molar-refractivity contribution is -0.287. The molecule has 0 radical (unpaired) electrons. The molecule has 1 heterocycles. The number of aromatic nitrogens is 1. The topological polar surface area (TPSA) is 4.93 Å². The van der Waals surface area contributed by atoms with Gasteiger partial charge < -0.3 is 4.57 Å². The minimum atomic E-state index is -5.57. The highest BCUT2D eigenvalue weighted by Crippen LogP contribution is 2.65. The summed E-state index contributed by atoms with van der Waals surface area (Å²) in [5.74, 6) is 0. The molecule has 0 saturated heterocycles. The third-order valence-electron chi connectivity index (χ3n) is 5.92. The Bertz CT molecular complexity index is 1280. The van der Waals surface area contributed by atoms with Crippen LogP contribution in [0.1, 0.15) is 11.1 Å². The third-order valence-corrected chi connectivity index (χ3v) is 5.92. The second-order valence-corrected chi connectivity index (χ2v) is 7.25. The summed E-state index contributed by atoms with van der Waals surface area (Å²) in [5, 5.41) is 0.981. The van der Waals surface area contributed by atoms with Crippen LogP contribution in [0, 0.1) is 0 Å². The van der Waals surface area contributed by atoms with Gasteiger partial charge in [0.2, 0.25) is 5.41 Å². The van der Waals surface area contributed by atoms with Gasteiger partial charge in [-0.2, -0.15) is 26.3 Å². The normalized spacial score (nSPS) is 15.7. The maximum Gasteiger partial charge on any atom is 0.411 e. The first-order valence-electron chi connectivity index (χ1n) is 8.84. The van der Waals surface area contributed by atoms with Gasteiger partial charge in [-0.15, -0.1) is 0 Å². The highest BCUT2D eigenvalue weighted by Gasteiger charge is 2.76. The fourth-order valence-electron chi connectivity index (χ4n) is 4.80. The molecule has 0 bridgehead atoms. The van der Waals surface area contributed by atoms with E-state index in [0.29, 0.717) is 16.3 Å². The number of rotatable bonds is 0. The first-order chi connectivity index (χ1) is 13.6. The van der Waals surface area contributed by atoms with Crippen molar-refractivity contribution in [2.75, 3.05) is 0 Å². The second-order valence-electron chi connectivity index (χ2n) is 7.25. The molecule has 0 fully saturated rings. The molecule has 4 aromatic rings. The fraction of sp³-hybridized carbons (Fsp3) is 0.182. The molecule has 0 saturated carbocycles. The Hall–Kier alpha value is -2.96. The second kappa shape index (κ2) is 5.34. The van der Waals surface area contributed by atoms with E-state index in [1.807, 2.05) is 0 Å². The molecule has 1 aliphatic rings. The number of benzene rings is 3. The molecular weight excluding hydrogens is 392 g/mol. The first-order valence-corrected chi connectivity index (χ1v) is 8.84. The van der Waals surface area contributed by atoms with Crippen molar-refractivity contribution < 1.29 is 26.3 Å². The molecule has 1 aromatic heterocycles. The molecule has 0 amide bonds. The van der Waals surface area contributed by atoms with E-state index in [1.54, 1.807) is 30.3 Å². The summed E-state index contributed by atoms with van der Waals surface area (Å²) in [5.41, 5.74) is -5.15. The van der Waals surface area contributed by atoms with Gasteiger partial charge in [-0.05, 0) is 22.8 Å². The largest absolute Gasteiger partial charge is 0.411 e. The van der Waals surface area contributed by atoms with Crippen LogP contribution in [0.25, 0.3) is 32.9 Å². The van der Waals surface area contributed by atoms with Crippen LogP contribution in [0.3, 0.4) is 0 Å². The van der Waals surface area contributed by atoms with Crippen molar-refractivity contribution in [3.8, 4) is 11.1 Å². The van der Waals surface area contributed by atoms with E-state index in [2.05, 4.69) is 0 Å². The van der Waals surface area contributed by atoms with Gasteiger partial charge in [0.05, 0.1) is 5.52 Å². The Labute approximate surface area is 161 Å². The Balaban J connectivity index is 2.10. The minimum Gasteiger partial charge on any atom is -0.343 e. The molecular formula is C22H13F6N. The van der Waals surface area contributed by atoms with Crippen molar-refractivity contribution in [3.05, 3.63) is 71.8 Å². The Morgan fingerprint density at radius 3 is 2.00 bits per heavy atom. The lowest BCUT2D eigenvalue weighted by Crippen LogP contribution is -2.53. The van der Waals surface area contributed by atoms with Gasteiger partial charge >= 0.3 is 12.4 Å². The molecule has 0 unspecified atom stereocenters. The average molecular weight is 405 g/mol. The lowest BCUT2D eigenvalue weighted by Gasteiger charge is -2.36. The Morgan fingerprint density at radius 1 is 0.690 bits per heavy atom. The van der Waals surface area contributed by atoms with Crippen LogP contribution in [-0.4, -0.2) is 16.9 Å². The van der Waals surface area contributed by atoms with Gasteiger partial charge in [0.25, 0.3) is 0 Å². The molecule has 148 valence electrons. The SMILES string of the molecule is Cn1c2ccccc2c2ccc3c(c21)C(C(F)(F)F)(C(F)(F)F)c1ccccc1-3. The van der Waals surface area contributed by atoms with Crippen molar-refractivity contribution in [2.24, 2.45) is 7.05 Å². The number of fused-ring (bicyclic) bond motifs is 7. The number of hydrogen-bond donors (Lipinski definition) is 0. The summed E-state index contributed by atoms with van der Waals surface area (Å²) < 4.78 is 88.2. The Morgan fingerprint density at radius 2 is 1.31 bits per heavy atom. The van der Waals surface area contributed by atoms with E-state index in [9.17, 15) is 26.3 Å². The molecule has 0 spiro atoms. The summed E-state index contributed by atoms with van der Waals surface area (Å²) in [6.07, 6.45) is -11.1. The quantitative estimate of drug-likeness (QED) is 0.286. The van der Waals surface area contributed by atoms with E-state index < -0.39 is 28.9 Å². The van der Waals surface area contributed by atoms with E-state index >= 15 is 0 Å². The summed E-state index contributed by atoms with van der Waals surface area (Å²) in [7, 11) is 1.51. The third kappa shape index (κ3) is 1.97. The first kappa shape index (κ1) is 18.1. The van der Waals surface area contributed by atoms with Gasteiger partial charge in [-0.3, -0.25) is 0 Å². The maximum atomic E-state index is 14.5. The molecule has 7 heteroatoms. The van der Waals surface area contributed by atoms with Crippen molar-refractivity contribution in [2.45, 2.75) is 17.8 Å². The van der Waals surface area contributed by atoms with Crippen molar-refractivity contribution >= 4 is 21.8 Å².